The molecule has 0 aromatic carbocycles. The number of aromatic nitrogens is 4. The van der Waals surface area contributed by atoms with Crippen LogP contribution in [0.2, 0.25) is 0 Å². The van der Waals surface area contributed by atoms with E-state index in [2.05, 4.69) is 26.9 Å². The van der Waals surface area contributed by atoms with Crippen molar-refractivity contribution in [2.45, 2.75) is 13.0 Å². The van der Waals surface area contributed by atoms with Crippen LogP contribution in [0.1, 0.15) is 11.3 Å². The van der Waals surface area contributed by atoms with Gasteiger partial charge in [-0.2, -0.15) is 0 Å². The summed E-state index contributed by atoms with van der Waals surface area (Å²) in [6.07, 6.45) is 6.69. The van der Waals surface area contributed by atoms with Crippen LogP contribution in [0, 0.1) is 0 Å². The molecule has 0 fully saturated rings. The Hall–Kier alpha value is -1.75. The molecule has 0 radical (unpaired) electrons. The molecule has 0 saturated heterocycles. The van der Waals surface area contributed by atoms with Gasteiger partial charge in [0.2, 0.25) is 0 Å². The second-order valence-electron chi connectivity index (χ2n) is 4.58. The van der Waals surface area contributed by atoms with Crippen molar-refractivity contribution < 1.29 is 0 Å². The molecule has 1 aliphatic heterocycles. The van der Waals surface area contributed by atoms with E-state index >= 15 is 0 Å². The van der Waals surface area contributed by atoms with Crippen molar-refractivity contribution in [3.05, 3.63) is 30.0 Å². The maximum atomic E-state index is 4.62. The van der Waals surface area contributed by atoms with Crippen LogP contribution in [-0.4, -0.2) is 38.0 Å². The highest BCUT2D eigenvalue weighted by Gasteiger charge is 2.16. The van der Waals surface area contributed by atoms with E-state index in [1.807, 2.05) is 24.0 Å². The van der Waals surface area contributed by atoms with Crippen molar-refractivity contribution in [2.24, 2.45) is 7.05 Å². The third-order valence-electron chi connectivity index (χ3n) is 3.07. The normalized spacial score (nSPS) is 15.9. The summed E-state index contributed by atoms with van der Waals surface area (Å²) >= 11 is 0. The van der Waals surface area contributed by atoms with Crippen LogP contribution >= 0.6 is 0 Å². The summed E-state index contributed by atoms with van der Waals surface area (Å²) in [6, 6.07) is 0. The van der Waals surface area contributed by atoms with Crippen LogP contribution in [0.4, 0.5) is 0 Å². The van der Waals surface area contributed by atoms with Gasteiger partial charge in [-0.15, -0.1) is 0 Å². The molecule has 5 nitrogen and oxygen atoms in total. The van der Waals surface area contributed by atoms with Crippen molar-refractivity contribution in [2.75, 3.05) is 13.6 Å². The van der Waals surface area contributed by atoms with Gasteiger partial charge in [0.25, 0.3) is 0 Å². The van der Waals surface area contributed by atoms with Crippen LogP contribution in [0.15, 0.2) is 18.7 Å². The Labute approximate surface area is 100 Å². The van der Waals surface area contributed by atoms with Crippen LogP contribution < -0.4 is 0 Å². The van der Waals surface area contributed by atoms with E-state index in [4.69, 9.17) is 0 Å². The number of likely N-dealkylation sites (N-methyl/N-ethyl adjacent to an activating group) is 1. The van der Waals surface area contributed by atoms with E-state index in [1.54, 1.807) is 6.33 Å². The maximum Gasteiger partial charge on any atom is 0.180 e. The number of hydrogen-bond acceptors (Lipinski definition) is 4. The van der Waals surface area contributed by atoms with Crippen molar-refractivity contribution in [3.63, 3.8) is 0 Å². The van der Waals surface area contributed by atoms with Gasteiger partial charge in [-0.3, -0.25) is 0 Å². The average molecular weight is 229 g/mol. The van der Waals surface area contributed by atoms with E-state index in [-0.39, 0.29) is 0 Å². The fourth-order valence-electron chi connectivity index (χ4n) is 2.09. The Morgan fingerprint density at radius 2 is 2.12 bits per heavy atom. The Kier molecular flexibility index (Phi) is 2.40. The molecule has 0 spiro atoms. The lowest BCUT2D eigenvalue weighted by Crippen LogP contribution is -2.27. The zero-order chi connectivity index (χ0) is 11.8. The predicted molar refractivity (Wildman–Crippen MR) is 64.3 cm³/mol. The molecule has 17 heavy (non-hydrogen) atoms. The first-order valence-electron chi connectivity index (χ1n) is 5.74. The molecule has 5 heteroatoms. The number of fused-ring (bicyclic) bond motifs is 1. The number of imidazole rings is 1. The van der Waals surface area contributed by atoms with E-state index < -0.39 is 0 Å². The molecule has 2 aromatic rings. The van der Waals surface area contributed by atoms with E-state index in [0.29, 0.717) is 0 Å². The van der Waals surface area contributed by atoms with Gasteiger partial charge in [0.05, 0.1) is 12.0 Å². The minimum absolute atomic E-state index is 0.722. The number of nitrogens with zero attached hydrogens (tertiary/aromatic N) is 5. The minimum atomic E-state index is 0.722. The monoisotopic (exact) mass is 229 g/mol. The zero-order valence-electron chi connectivity index (χ0n) is 10.1. The van der Waals surface area contributed by atoms with Crippen molar-refractivity contribution in [1.82, 2.24) is 24.4 Å². The smallest absolute Gasteiger partial charge is 0.180 e. The molecule has 0 amide bonds. The molecule has 0 bridgehead atoms. The van der Waals surface area contributed by atoms with Crippen LogP contribution in [0.3, 0.4) is 0 Å². The lowest BCUT2D eigenvalue weighted by molar-refractivity contribution is 0.307. The first-order valence-corrected chi connectivity index (χ1v) is 5.74. The second-order valence-corrected chi connectivity index (χ2v) is 4.58. The Bertz CT molecular complexity index is 546. The highest BCUT2D eigenvalue weighted by Crippen LogP contribution is 2.18. The molecule has 0 unspecified atom stereocenters. The van der Waals surface area contributed by atoms with E-state index in [9.17, 15) is 0 Å². The highest BCUT2D eigenvalue weighted by atomic mass is 15.1. The van der Waals surface area contributed by atoms with Gasteiger partial charge in [-0.25, -0.2) is 15.0 Å². The molecule has 0 N–H and O–H groups in total. The number of rotatable bonds is 1. The molecule has 0 atom stereocenters. The average Bonchev–Trinajstić information content (AvgIpc) is 2.75. The first-order chi connectivity index (χ1) is 8.22. The summed E-state index contributed by atoms with van der Waals surface area (Å²) in [7, 11) is 4.06. The van der Waals surface area contributed by atoms with Crippen LogP contribution in [-0.2, 0) is 20.0 Å². The van der Waals surface area contributed by atoms with Crippen LogP contribution in [0.5, 0.6) is 0 Å². The fraction of sp³-hybridized carbons (Fsp3) is 0.417. The topological polar surface area (TPSA) is 46.8 Å². The summed E-state index contributed by atoms with van der Waals surface area (Å²) in [6.45, 7) is 1.98. The van der Waals surface area contributed by atoms with Crippen LogP contribution in [0.25, 0.3) is 11.5 Å². The van der Waals surface area contributed by atoms with Gasteiger partial charge in [0, 0.05) is 32.5 Å². The molecule has 3 rings (SSSR count). The van der Waals surface area contributed by atoms with Crippen molar-refractivity contribution in [1.29, 1.82) is 0 Å². The first kappa shape index (κ1) is 10.4. The second kappa shape index (κ2) is 3.92. The Balaban J connectivity index is 2.00. The summed E-state index contributed by atoms with van der Waals surface area (Å²) in [4.78, 5) is 15.6. The summed E-state index contributed by atoms with van der Waals surface area (Å²) in [5.41, 5.74) is 3.24. The zero-order valence-corrected chi connectivity index (χ0v) is 10.1. The lowest BCUT2D eigenvalue weighted by Gasteiger charge is -2.23. The third-order valence-corrected chi connectivity index (χ3v) is 3.07. The molecule has 2 aromatic heterocycles. The SMILES string of the molecule is CN1CCc2cnc(-c3cn(C)cn3)nc2C1. The van der Waals surface area contributed by atoms with Gasteiger partial charge in [-0.05, 0) is 19.0 Å². The van der Waals surface area contributed by atoms with Gasteiger partial charge in [0.1, 0.15) is 5.69 Å². The molecule has 0 aliphatic carbocycles. The Morgan fingerprint density at radius 3 is 2.88 bits per heavy atom. The standard InChI is InChI=1S/C12H15N5/c1-16-4-3-9-5-13-12(15-10(9)6-16)11-7-17(2)8-14-11/h5,7-8H,3-4,6H2,1-2H3. The fourth-order valence-corrected chi connectivity index (χ4v) is 2.09. The predicted octanol–water partition coefficient (Wildman–Crippen LogP) is 0.865. The van der Waals surface area contributed by atoms with Gasteiger partial charge in [0.15, 0.2) is 5.82 Å². The van der Waals surface area contributed by atoms with Crippen molar-refractivity contribution in [3.8, 4) is 11.5 Å². The summed E-state index contributed by atoms with van der Waals surface area (Å²) in [5.74, 6) is 0.722. The lowest BCUT2D eigenvalue weighted by atomic mass is 10.1. The maximum absolute atomic E-state index is 4.62. The molecule has 3 heterocycles. The highest BCUT2D eigenvalue weighted by molar-refractivity contribution is 5.48. The molecular formula is C12H15N5. The van der Waals surface area contributed by atoms with E-state index in [1.165, 1.54) is 5.56 Å². The number of hydrogen-bond donors (Lipinski definition) is 0. The van der Waals surface area contributed by atoms with E-state index in [0.717, 1.165) is 36.7 Å². The van der Waals surface area contributed by atoms with Gasteiger partial charge >= 0.3 is 0 Å². The molecular weight excluding hydrogens is 214 g/mol. The molecule has 88 valence electrons. The van der Waals surface area contributed by atoms with Gasteiger partial charge in [-0.1, -0.05) is 0 Å². The van der Waals surface area contributed by atoms with Gasteiger partial charge < -0.3 is 9.47 Å². The minimum Gasteiger partial charge on any atom is -0.340 e. The summed E-state index contributed by atoms with van der Waals surface area (Å²) in [5, 5.41) is 0. The molecule has 1 aliphatic rings. The summed E-state index contributed by atoms with van der Waals surface area (Å²) < 4.78 is 1.91. The number of aryl methyl sites for hydroxylation is 1. The quantitative estimate of drug-likeness (QED) is 0.728. The third kappa shape index (κ3) is 1.93. The molecule has 0 saturated carbocycles. The largest absolute Gasteiger partial charge is 0.340 e. The Morgan fingerprint density at radius 1 is 1.24 bits per heavy atom. The van der Waals surface area contributed by atoms with Crippen molar-refractivity contribution >= 4 is 0 Å².